The van der Waals surface area contributed by atoms with Crippen molar-refractivity contribution in [1.82, 2.24) is 14.4 Å². The number of carbonyl (C=O) groups is 2. The van der Waals surface area contributed by atoms with Crippen LogP contribution in [0.4, 0.5) is 5.69 Å². The van der Waals surface area contributed by atoms with Gasteiger partial charge >= 0.3 is 0 Å². The van der Waals surface area contributed by atoms with E-state index in [0.29, 0.717) is 56.3 Å². The van der Waals surface area contributed by atoms with Crippen molar-refractivity contribution in [1.29, 1.82) is 0 Å². The monoisotopic (exact) mass is 555 g/mol. The van der Waals surface area contributed by atoms with Gasteiger partial charge in [-0.1, -0.05) is 18.7 Å². The Morgan fingerprint density at radius 1 is 0.878 bits per heavy atom. The summed E-state index contributed by atoms with van der Waals surface area (Å²) >= 11 is 0. The van der Waals surface area contributed by atoms with Crippen LogP contribution in [0.25, 0.3) is 11.1 Å². The Morgan fingerprint density at radius 2 is 1.46 bits per heavy atom. The van der Waals surface area contributed by atoms with Crippen molar-refractivity contribution in [3.8, 4) is 11.1 Å². The molecule has 2 amide bonds. The quantitative estimate of drug-likeness (QED) is 0.499. The lowest BCUT2D eigenvalue weighted by molar-refractivity contribution is -0.0586. The molecule has 0 aliphatic carbocycles. The van der Waals surface area contributed by atoms with E-state index in [2.05, 4.69) is 11.9 Å². The fourth-order valence-corrected chi connectivity index (χ4v) is 5.25. The lowest BCUT2D eigenvalue weighted by atomic mass is 10.0. The summed E-state index contributed by atoms with van der Waals surface area (Å²) in [6, 6.07) is 18.9. The third kappa shape index (κ3) is 6.75. The maximum atomic E-state index is 13.1. The number of rotatable bonds is 6. The molecule has 3 heterocycles. The molecule has 9 heteroatoms. The lowest BCUT2D eigenvalue weighted by Gasteiger charge is -2.35. The Balaban J connectivity index is 1.31. The molecule has 2 fully saturated rings. The van der Waals surface area contributed by atoms with Gasteiger partial charge in [0, 0.05) is 61.8 Å². The van der Waals surface area contributed by atoms with E-state index in [4.69, 9.17) is 14.5 Å². The van der Waals surface area contributed by atoms with Gasteiger partial charge in [0.1, 0.15) is 11.3 Å². The van der Waals surface area contributed by atoms with Gasteiger partial charge in [0.05, 0.1) is 25.4 Å². The summed E-state index contributed by atoms with van der Waals surface area (Å²) in [5.74, 6) is 0.478. The zero-order valence-corrected chi connectivity index (χ0v) is 23.9. The number of aromatic nitrogens is 1. The van der Waals surface area contributed by atoms with E-state index < -0.39 is 0 Å². The third-order valence-electron chi connectivity index (χ3n) is 7.26. The summed E-state index contributed by atoms with van der Waals surface area (Å²) in [5.41, 5.74) is 4.65. The maximum Gasteiger partial charge on any atom is 0.254 e. The van der Waals surface area contributed by atoms with Gasteiger partial charge in [-0.15, -0.1) is 0 Å². The molecule has 0 saturated carbocycles. The van der Waals surface area contributed by atoms with Gasteiger partial charge in [-0.2, -0.15) is 0 Å². The van der Waals surface area contributed by atoms with Gasteiger partial charge in [-0.25, -0.2) is 4.99 Å². The van der Waals surface area contributed by atoms with Crippen LogP contribution in [0.5, 0.6) is 0 Å². The van der Waals surface area contributed by atoms with Gasteiger partial charge in [0.25, 0.3) is 11.8 Å². The molecule has 214 valence electrons. The fourth-order valence-electron chi connectivity index (χ4n) is 5.25. The summed E-state index contributed by atoms with van der Waals surface area (Å²) in [5, 5.41) is 3.23. The fraction of sp³-hybridized carbons (Fsp3) is 0.344. The van der Waals surface area contributed by atoms with Gasteiger partial charge in [0.15, 0.2) is 0 Å². The maximum absolute atomic E-state index is 13.1. The average molecular weight is 556 g/mol. The summed E-state index contributed by atoms with van der Waals surface area (Å²) < 4.78 is 13.0. The minimum absolute atomic E-state index is 0.00564. The SMILES string of the molecule is C=C(/N=c1/c(-c2ccc(C(=O)N3CC(C)OC(C)C3)cc2)cccn1C)Nc1ccc(C(=O)N2CCOCC2)cc1. The van der Waals surface area contributed by atoms with Gasteiger partial charge in [-0.05, 0) is 67.9 Å². The highest BCUT2D eigenvalue weighted by molar-refractivity contribution is 5.95. The molecule has 5 rings (SSSR count). The predicted octanol–water partition coefficient (Wildman–Crippen LogP) is 3.90. The van der Waals surface area contributed by atoms with E-state index in [1.54, 1.807) is 0 Å². The van der Waals surface area contributed by atoms with Crippen LogP contribution in [0, 0.1) is 0 Å². The summed E-state index contributed by atoms with van der Waals surface area (Å²) in [6.07, 6.45) is 1.97. The Hall–Kier alpha value is -4.21. The molecule has 1 aromatic heterocycles. The number of anilines is 1. The molecule has 2 atom stereocenters. The standard InChI is InChI=1S/C32H37N5O4/c1-22-20-37(21-23(2)41-22)32(39)26-9-7-25(8-10-26)29-6-5-15-35(4)30(29)34-24(3)33-28-13-11-27(12-14-28)31(38)36-16-18-40-19-17-36/h5-15,22-23,33H,3,16-21H2,1-2,4H3/b34-30-. The first-order chi connectivity index (χ1) is 19.8. The number of aryl methyl sites for hydroxylation is 1. The molecular formula is C32H37N5O4. The first-order valence-electron chi connectivity index (χ1n) is 14.0. The lowest BCUT2D eigenvalue weighted by Crippen LogP contribution is -2.48. The summed E-state index contributed by atoms with van der Waals surface area (Å²) in [7, 11) is 1.93. The van der Waals surface area contributed by atoms with Crippen molar-refractivity contribution in [3.63, 3.8) is 0 Å². The summed E-state index contributed by atoms with van der Waals surface area (Å²) in [4.78, 5) is 34.3. The molecular weight excluding hydrogens is 518 g/mol. The van der Waals surface area contributed by atoms with Gasteiger partial charge in [-0.3, -0.25) is 9.59 Å². The van der Waals surface area contributed by atoms with Crippen molar-refractivity contribution in [2.75, 3.05) is 44.7 Å². The first kappa shape index (κ1) is 28.3. The number of hydrogen-bond donors (Lipinski definition) is 1. The molecule has 2 aliphatic rings. The van der Waals surface area contributed by atoms with Crippen LogP contribution < -0.4 is 10.8 Å². The molecule has 2 aromatic carbocycles. The zero-order chi connectivity index (χ0) is 28.9. The van der Waals surface area contributed by atoms with E-state index >= 15 is 0 Å². The number of carbonyl (C=O) groups excluding carboxylic acids is 2. The van der Waals surface area contributed by atoms with E-state index in [9.17, 15) is 9.59 Å². The highest BCUT2D eigenvalue weighted by Gasteiger charge is 2.26. The van der Waals surface area contributed by atoms with E-state index in [1.807, 2.05) is 102 Å². The van der Waals surface area contributed by atoms with Crippen molar-refractivity contribution in [3.05, 3.63) is 95.9 Å². The van der Waals surface area contributed by atoms with Crippen LogP contribution in [0.15, 0.2) is 84.3 Å². The molecule has 1 N–H and O–H groups in total. The summed E-state index contributed by atoms with van der Waals surface area (Å²) in [6.45, 7) is 11.6. The van der Waals surface area contributed by atoms with Crippen molar-refractivity contribution >= 4 is 17.5 Å². The average Bonchev–Trinajstić information content (AvgIpc) is 2.98. The minimum atomic E-state index is 0.00564. The van der Waals surface area contributed by atoms with E-state index in [-0.39, 0.29) is 24.0 Å². The Kier molecular flexibility index (Phi) is 8.66. The normalized spacial score (nSPS) is 19.6. The van der Waals surface area contributed by atoms with Crippen molar-refractivity contribution in [2.24, 2.45) is 12.0 Å². The number of benzene rings is 2. The van der Waals surface area contributed by atoms with Crippen LogP contribution in [-0.2, 0) is 16.5 Å². The second-order valence-electron chi connectivity index (χ2n) is 10.6. The van der Waals surface area contributed by atoms with Crippen LogP contribution in [0.1, 0.15) is 34.6 Å². The number of amides is 2. The number of ether oxygens (including phenoxy) is 2. The second-order valence-corrected chi connectivity index (χ2v) is 10.6. The van der Waals surface area contributed by atoms with Crippen LogP contribution in [0.2, 0.25) is 0 Å². The molecule has 0 bridgehead atoms. The van der Waals surface area contributed by atoms with E-state index in [0.717, 1.165) is 22.3 Å². The van der Waals surface area contributed by atoms with Crippen LogP contribution in [-0.4, -0.2) is 77.8 Å². The number of pyridine rings is 1. The molecule has 0 spiro atoms. The zero-order valence-electron chi connectivity index (χ0n) is 23.9. The smallest absolute Gasteiger partial charge is 0.254 e. The highest BCUT2D eigenvalue weighted by Crippen LogP contribution is 2.20. The van der Waals surface area contributed by atoms with Crippen LogP contribution >= 0.6 is 0 Å². The first-order valence-corrected chi connectivity index (χ1v) is 14.0. The minimum Gasteiger partial charge on any atom is -0.378 e. The molecule has 2 saturated heterocycles. The largest absolute Gasteiger partial charge is 0.378 e. The van der Waals surface area contributed by atoms with Gasteiger partial charge < -0.3 is 29.2 Å². The molecule has 3 aromatic rings. The Labute approximate surface area is 240 Å². The van der Waals surface area contributed by atoms with Crippen molar-refractivity contribution < 1.29 is 19.1 Å². The number of nitrogens with one attached hydrogen (secondary N) is 1. The Morgan fingerprint density at radius 3 is 2.10 bits per heavy atom. The molecule has 2 aliphatic heterocycles. The topological polar surface area (TPSA) is 88.4 Å². The van der Waals surface area contributed by atoms with Crippen LogP contribution in [0.3, 0.4) is 0 Å². The number of hydrogen-bond acceptors (Lipinski definition) is 6. The number of morpholine rings is 2. The highest BCUT2D eigenvalue weighted by atomic mass is 16.5. The van der Waals surface area contributed by atoms with E-state index in [1.165, 1.54) is 0 Å². The third-order valence-corrected chi connectivity index (χ3v) is 7.26. The molecule has 2 unspecified atom stereocenters. The second kappa shape index (κ2) is 12.5. The Bertz CT molecular complexity index is 1460. The predicted molar refractivity (Wildman–Crippen MR) is 158 cm³/mol. The molecule has 9 nitrogen and oxygen atoms in total. The molecule has 0 radical (unpaired) electrons. The van der Waals surface area contributed by atoms with Crippen molar-refractivity contribution in [2.45, 2.75) is 26.1 Å². The number of nitrogens with zero attached hydrogens (tertiary/aromatic N) is 4. The van der Waals surface area contributed by atoms with Gasteiger partial charge in [0.2, 0.25) is 0 Å². The molecule has 41 heavy (non-hydrogen) atoms.